The molecule has 2 heterocycles. The van der Waals surface area contributed by atoms with E-state index in [0.717, 1.165) is 37.2 Å². The Balaban J connectivity index is 1.49. The average Bonchev–Trinajstić information content (AvgIpc) is 3.34. The van der Waals surface area contributed by atoms with E-state index in [1.807, 2.05) is 23.1 Å². The van der Waals surface area contributed by atoms with Crippen LogP contribution in [0.2, 0.25) is 0 Å². The molecular weight excluding hydrogens is 372 g/mol. The highest BCUT2D eigenvalue weighted by atomic mass is 16.5. The minimum Gasteiger partial charge on any atom is -0.497 e. The van der Waals surface area contributed by atoms with Crippen LogP contribution in [0.15, 0.2) is 40.8 Å². The van der Waals surface area contributed by atoms with Crippen LogP contribution in [0.5, 0.6) is 5.75 Å². The third-order valence-electron chi connectivity index (χ3n) is 5.03. The quantitative estimate of drug-likeness (QED) is 0.487. The molecule has 7 nitrogen and oxygen atoms in total. The number of rotatable bonds is 10. The summed E-state index contributed by atoms with van der Waals surface area (Å²) < 4.78 is 15.8. The number of benzene rings is 1. The van der Waals surface area contributed by atoms with Gasteiger partial charge in [0.05, 0.1) is 20.3 Å². The number of methoxy groups -OCH3 is 1. The molecule has 1 N–H and O–H groups in total. The summed E-state index contributed by atoms with van der Waals surface area (Å²) in [6, 6.07) is 11.5. The number of hydrogen-bond donors (Lipinski definition) is 1. The molecule has 0 radical (unpaired) electrons. The Hall–Kier alpha value is -2.80. The molecule has 1 aromatic carbocycles. The van der Waals surface area contributed by atoms with Crippen LogP contribution in [0.3, 0.4) is 0 Å². The van der Waals surface area contributed by atoms with Gasteiger partial charge in [0, 0.05) is 19.0 Å². The van der Waals surface area contributed by atoms with Crippen LogP contribution in [0, 0.1) is 0 Å². The molecule has 1 atom stereocenters. The molecule has 1 unspecified atom stereocenters. The summed E-state index contributed by atoms with van der Waals surface area (Å²) >= 11 is 0. The van der Waals surface area contributed by atoms with E-state index >= 15 is 0 Å². The van der Waals surface area contributed by atoms with Crippen molar-refractivity contribution in [2.45, 2.75) is 45.3 Å². The smallest absolute Gasteiger partial charge is 0.374 e. The van der Waals surface area contributed by atoms with Gasteiger partial charge in [-0.05, 0) is 56.1 Å². The summed E-state index contributed by atoms with van der Waals surface area (Å²) in [5, 5.41) is 3.43. The fraction of sp³-hybridized carbons (Fsp3) is 0.455. The predicted molar refractivity (Wildman–Crippen MR) is 108 cm³/mol. The number of likely N-dealkylation sites (tertiary alicyclic amines) is 1. The van der Waals surface area contributed by atoms with Crippen LogP contribution in [-0.4, -0.2) is 43.1 Å². The van der Waals surface area contributed by atoms with Crippen molar-refractivity contribution < 1.29 is 23.5 Å². The van der Waals surface area contributed by atoms with Gasteiger partial charge in [0.1, 0.15) is 11.5 Å². The number of amides is 1. The molecule has 1 aromatic heterocycles. The Kier molecular flexibility index (Phi) is 7.30. The largest absolute Gasteiger partial charge is 0.497 e. The standard InChI is InChI=1S/C22H28N2O5/c1-3-28-22(26)20-9-8-19(29-20)15-24-17(7-10-21(24)25)11-12-23-14-16-5-4-6-18(13-16)27-2/h4-6,8-9,13,17,23H,3,7,10-12,14-15H2,1-2H3. The van der Waals surface area contributed by atoms with Crippen LogP contribution >= 0.6 is 0 Å². The Labute approximate surface area is 171 Å². The summed E-state index contributed by atoms with van der Waals surface area (Å²) in [6.45, 7) is 3.97. The second-order valence-corrected chi connectivity index (χ2v) is 7.02. The molecule has 0 bridgehead atoms. The SMILES string of the molecule is CCOC(=O)c1ccc(CN2C(=O)CCC2CCNCc2cccc(OC)c2)o1. The summed E-state index contributed by atoms with van der Waals surface area (Å²) in [6.07, 6.45) is 2.25. The van der Waals surface area contributed by atoms with E-state index in [2.05, 4.69) is 11.4 Å². The Morgan fingerprint density at radius 2 is 2.17 bits per heavy atom. The van der Waals surface area contributed by atoms with Crippen molar-refractivity contribution in [2.75, 3.05) is 20.3 Å². The Bertz CT molecular complexity index is 832. The highest BCUT2D eigenvalue weighted by molar-refractivity contribution is 5.86. The van der Waals surface area contributed by atoms with Crippen molar-refractivity contribution in [1.82, 2.24) is 10.2 Å². The number of ether oxygens (including phenoxy) is 2. The molecule has 0 spiro atoms. The first-order valence-corrected chi connectivity index (χ1v) is 9.99. The van der Waals surface area contributed by atoms with Crippen molar-refractivity contribution in [3.05, 3.63) is 53.5 Å². The van der Waals surface area contributed by atoms with E-state index in [-0.39, 0.29) is 17.7 Å². The Morgan fingerprint density at radius 1 is 1.31 bits per heavy atom. The van der Waals surface area contributed by atoms with E-state index in [0.29, 0.717) is 25.3 Å². The monoisotopic (exact) mass is 400 g/mol. The van der Waals surface area contributed by atoms with Gasteiger partial charge >= 0.3 is 5.97 Å². The number of nitrogens with zero attached hydrogens (tertiary/aromatic N) is 1. The summed E-state index contributed by atoms with van der Waals surface area (Å²) in [5.74, 6) is 1.25. The zero-order chi connectivity index (χ0) is 20.6. The highest BCUT2D eigenvalue weighted by Crippen LogP contribution is 2.24. The van der Waals surface area contributed by atoms with E-state index in [4.69, 9.17) is 13.9 Å². The average molecular weight is 400 g/mol. The molecule has 29 heavy (non-hydrogen) atoms. The van der Waals surface area contributed by atoms with E-state index < -0.39 is 5.97 Å². The second kappa shape index (κ2) is 10.1. The second-order valence-electron chi connectivity index (χ2n) is 7.02. The molecule has 7 heteroatoms. The van der Waals surface area contributed by atoms with Crippen molar-refractivity contribution in [3.8, 4) is 5.75 Å². The molecule has 1 aliphatic heterocycles. The molecule has 1 fully saturated rings. The van der Waals surface area contributed by atoms with Crippen LogP contribution in [0.4, 0.5) is 0 Å². The van der Waals surface area contributed by atoms with Crippen LogP contribution in [0.25, 0.3) is 0 Å². The van der Waals surface area contributed by atoms with Crippen LogP contribution in [-0.2, 0) is 22.6 Å². The zero-order valence-electron chi connectivity index (χ0n) is 17.0. The number of carbonyl (C=O) groups excluding carboxylic acids is 2. The van der Waals surface area contributed by atoms with E-state index in [9.17, 15) is 9.59 Å². The summed E-state index contributed by atoms with van der Waals surface area (Å²) in [4.78, 5) is 25.9. The van der Waals surface area contributed by atoms with Gasteiger partial charge in [0.25, 0.3) is 0 Å². The van der Waals surface area contributed by atoms with Gasteiger partial charge in [-0.25, -0.2) is 4.79 Å². The van der Waals surface area contributed by atoms with Crippen molar-refractivity contribution in [1.29, 1.82) is 0 Å². The molecule has 1 saturated heterocycles. The predicted octanol–water partition coefficient (Wildman–Crippen LogP) is 3.14. The van der Waals surface area contributed by atoms with Crippen LogP contribution < -0.4 is 10.1 Å². The van der Waals surface area contributed by atoms with Gasteiger partial charge in [-0.1, -0.05) is 12.1 Å². The third kappa shape index (κ3) is 5.60. The number of esters is 1. The molecule has 0 saturated carbocycles. The number of carbonyl (C=O) groups is 2. The topological polar surface area (TPSA) is 81.0 Å². The van der Waals surface area contributed by atoms with E-state index in [1.165, 1.54) is 0 Å². The van der Waals surface area contributed by atoms with Gasteiger partial charge in [0.2, 0.25) is 11.7 Å². The minimum absolute atomic E-state index is 0.122. The maximum Gasteiger partial charge on any atom is 0.374 e. The molecule has 3 rings (SSSR count). The Morgan fingerprint density at radius 3 is 2.97 bits per heavy atom. The summed E-state index contributed by atoms with van der Waals surface area (Å²) in [7, 11) is 1.66. The first kappa shape index (κ1) is 20.9. The lowest BCUT2D eigenvalue weighted by Gasteiger charge is -2.24. The maximum atomic E-state index is 12.3. The van der Waals surface area contributed by atoms with Crippen molar-refractivity contribution in [2.24, 2.45) is 0 Å². The van der Waals surface area contributed by atoms with E-state index in [1.54, 1.807) is 26.2 Å². The molecular formula is C22H28N2O5. The number of nitrogens with one attached hydrogen (secondary N) is 1. The molecule has 1 aliphatic rings. The first-order chi connectivity index (χ1) is 14.1. The molecule has 1 amide bonds. The minimum atomic E-state index is -0.482. The van der Waals surface area contributed by atoms with Gasteiger partial charge in [0.15, 0.2) is 0 Å². The molecule has 156 valence electrons. The summed E-state index contributed by atoms with van der Waals surface area (Å²) in [5.41, 5.74) is 1.16. The molecule has 0 aliphatic carbocycles. The maximum absolute atomic E-state index is 12.3. The lowest BCUT2D eigenvalue weighted by Crippen LogP contribution is -2.34. The zero-order valence-corrected chi connectivity index (χ0v) is 17.0. The molecule has 2 aromatic rings. The lowest BCUT2D eigenvalue weighted by molar-refractivity contribution is -0.129. The van der Waals surface area contributed by atoms with Crippen LogP contribution in [0.1, 0.15) is 48.1 Å². The van der Waals surface area contributed by atoms with Gasteiger partial charge in [-0.2, -0.15) is 0 Å². The van der Waals surface area contributed by atoms with Crippen molar-refractivity contribution >= 4 is 11.9 Å². The normalized spacial score (nSPS) is 16.3. The third-order valence-corrected chi connectivity index (χ3v) is 5.03. The van der Waals surface area contributed by atoms with Gasteiger partial charge in [-0.3, -0.25) is 4.79 Å². The fourth-order valence-electron chi connectivity index (χ4n) is 3.54. The first-order valence-electron chi connectivity index (χ1n) is 9.99. The fourth-order valence-corrected chi connectivity index (χ4v) is 3.54. The highest BCUT2D eigenvalue weighted by Gasteiger charge is 2.31. The van der Waals surface area contributed by atoms with Gasteiger partial charge in [-0.15, -0.1) is 0 Å². The number of hydrogen-bond acceptors (Lipinski definition) is 6. The van der Waals surface area contributed by atoms with Crippen molar-refractivity contribution in [3.63, 3.8) is 0 Å². The van der Waals surface area contributed by atoms with Gasteiger partial charge < -0.3 is 24.1 Å². The lowest BCUT2D eigenvalue weighted by atomic mass is 10.1. The number of furan rings is 1.